The van der Waals surface area contributed by atoms with E-state index in [9.17, 15) is 4.57 Å². The van der Waals surface area contributed by atoms with Crippen LogP contribution in [-0.2, 0) is 9.09 Å². The van der Waals surface area contributed by atoms with Crippen LogP contribution >= 0.6 is 7.37 Å². The van der Waals surface area contributed by atoms with Gasteiger partial charge < -0.3 is 9.73 Å². The molecule has 0 unspecified atom stereocenters. The highest BCUT2D eigenvalue weighted by Crippen LogP contribution is 2.40. The maximum atomic E-state index is 12.0. The van der Waals surface area contributed by atoms with Crippen molar-refractivity contribution in [2.24, 2.45) is 5.16 Å². The van der Waals surface area contributed by atoms with Gasteiger partial charge in [0.25, 0.3) is 0 Å². The van der Waals surface area contributed by atoms with Crippen LogP contribution in [0.1, 0.15) is 12.5 Å². The van der Waals surface area contributed by atoms with E-state index in [0.29, 0.717) is 11.9 Å². The summed E-state index contributed by atoms with van der Waals surface area (Å²) in [5.41, 5.74) is 0.748. The molecule has 0 aliphatic rings. The highest BCUT2D eigenvalue weighted by atomic mass is 31.2. The van der Waals surface area contributed by atoms with Gasteiger partial charge in [-0.05, 0) is 24.6 Å². The van der Waals surface area contributed by atoms with E-state index in [1.54, 1.807) is 30.9 Å². The summed E-state index contributed by atoms with van der Waals surface area (Å²) in [7, 11) is -2.69. The Balaban J connectivity index is 2.93. The lowest BCUT2D eigenvalue weighted by Gasteiger charge is -2.12. The number of nitrogens with zero attached hydrogens (tertiary/aromatic N) is 1. The second-order valence-electron chi connectivity index (χ2n) is 3.10. The van der Waals surface area contributed by atoms with Crippen molar-refractivity contribution in [3.05, 3.63) is 29.8 Å². The fourth-order valence-electron chi connectivity index (χ4n) is 1.22. The highest BCUT2D eigenvalue weighted by Gasteiger charge is 2.17. The van der Waals surface area contributed by atoms with Gasteiger partial charge >= 0.3 is 0 Å². The Morgan fingerprint density at radius 2 is 2.07 bits per heavy atom. The Morgan fingerprint density at radius 1 is 1.47 bits per heavy atom. The molecule has 0 aromatic heterocycles. The van der Waals surface area contributed by atoms with Gasteiger partial charge in [0.1, 0.15) is 0 Å². The average molecular weight is 227 g/mol. The molecule has 0 amide bonds. The lowest BCUT2D eigenvalue weighted by atomic mass is 10.2. The van der Waals surface area contributed by atoms with Gasteiger partial charge in [-0.25, -0.2) is 0 Å². The van der Waals surface area contributed by atoms with E-state index >= 15 is 0 Å². The smallest absolute Gasteiger partial charge is 0.229 e. The van der Waals surface area contributed by atoms with Crippen LogP contribution < -0.4 is 5.30 Å². The van der Waals surface area contributed by atoms with Crippen molar-refractivity contribution in [1.29, 1.82) is 0 Å². The Labute approximate surface area is 89.0 Å². The highest BCUT2D eigenvalue weighted by molar-refractivity contribution is 7.66. The summed E-state index contributed by atoms with van der Waals surface area (Å²) in [6, 6.07) is 6.88. The van der Waals surface area contributed by atoms with Crippen LogP contribution in [0.15, 0.2) is 29.4 Å². The average Bonchev–Trinajstić information content (AvgIpc) is 2.19. The molecular formula is C10H14NO3P. The molecule has 0 bridgehead atoms. The van der Waals surface area contributed by atoms with Crippen molar-refractivity contribution in [3.8, 4) is 0 Å². The molecular weight excluding hydrogens is 213 g/mol. The van der Waals surface area contributed by atoms with Gasteiger partial charge in [-0.3, -0.25) is 4.57 Å². The van der Waals surface area contributed by atoms with Crippen molar-refractivity contribution in [3.63, 3.8) is 0 Å². The molecule has 1 aromatic rings. The molecule has 1 rings (SSSR count). The topological polar surface area (TPSA) is 58.9 Å². The van der Waals surface area contributed by atoms with Crippen LogP contribution in [0.2, 0.25) is 0 Å². The quantitative estimate of drug-likeness (QED) is 0.370. The van der Waals surface area contributed by atoms with E-state index in [-0.39, 0.29) is 0 Å². The lowest BCUT2D eigenvalue weighted by Crippen LogP contribution is -2.06. The molecule has 5 heteroatoms. The third-order valence-corrected chi connectivity index (χ3v) is 3.93. The fourth-order valence-corrected chi connectivity index (χ4v) is 2.55. The van der Waals surface area contributed by atoms with Crippen molar-refractivity contribution < 1.29 is 14.3 Å². The summed E-state index contributed by atoms with van der Waals surface area (Å²) in [6.07, 6.45) is 1.31. The maximum Gasteiger partial charge on any atom is 0.229 e. The number of benzene rings is 1. The summed E-state index contributed by atoms with van der Waals surface area (Å²) in [4.78, 5) is 0. The van der Waals surface area contributed by atoms with E-state index < -0.39 is 7.37 Å². The van der Waals surface area contributed by atoms with Crippen LogP contribution in [0.4, 0.5) is 0 Å². The van der Waals surface area contributed by atoms with Gasteiger partial charge in [0.15, 0.2) is 0 Å². The minimum Gasteiger partial charge on any atom is -0.411 e. The van der Waals surface area contributed by atoms with E-state index in [4.69, 9.17) is 9.73 Å². The molecule has 0 radical (unpaired) electrons. The number of rotatable bonds is 4. The first-order valence-corrected chi connectivity index (χ1v) is 6.67. The Morgan fingerprint density at radius 3 is 2.53 bits per heavy atom. The largest absolute Gasteiger partial charge is 0.411 e. The van der Waals surface area contributed by atoms with E-state index in [1.807, 2.05) is 6.92 Å². The van der Waals surface area contributed by atoms with Gasteiger partial charge in [0.05, 0.1) is 12.8 Å². The van der Waals surface area contributed by atoms with Gasteiger partial charge in [-0.2, -0.15) is 0 Å². The van der Waals surface area contributed by atoms with Crippen molar-refractivity contribution >= 4 is 18.9 Å². The third-order valence-electron chi connectivity index (χ3n) is 1.94. The molecule has 4 nitrogen and oxygen atoms in total. The first-order valence-electron chi connectivity index (χ1n) is 4.60. The lowest BCUT2D eigenvalue weighted by molar-refractivity contribution is 0.322. The summed E-state index contributed by atoms with van der Waals surface area (Å²) < 4.78 is 17.2. The van der Waals surface area contributed by atoms with E-state index in [0.717, 1.165) is 5.56 Å². The Kier molecular flexibility index (Phi) is 4.06. The molecule has 0 aliphatic heterocycles. The van der Waals surface area contributed by atoms with Crippen LogP contribution in [-0.4, -0.2) is 24.7 Å². The van der Waals surface area contributed by atoms with Gasteiger partial charge in [0.2, 0.25) is 7.37 Å². The molecule has 1 aromatic carbocycles. The SMILES string of the molecule is CCO[P@](C)(=O)c1ccc(/C=N\O)cc1. The monoisotopic (exact) mass is 227 g/mol. The first-order chi connectivity index (χ1) is 7.10. The van der Waals surface area contributed by atoms with Gasteiger partial charge in [-0.1, -0.05) is 17.3 Å². The fraction of sp³-hybridized carbons (Fsp3) is 0.300. The molecule has 1 atom stereocenters. The second kappa shape index (κ2) is 5.10. The zero-order chi connectivity index (χ0) is 11.3. The summed E-state index contributed by atoms with van der Waals surface area (Å²) in [6.45, 7) is 3.82. The molecule has 0 heterocycles. The van der Waals surface area contributed by atoms with E-state index in [2.05, 4.69) is 5.16 Å². The van der Waals surface area contributed by atoms with Crippen LogP contribution in [0, 0.1) is 0 Å². The second-order valence-corrected chi connectivity index (χ2v) is 5.57. The molecule has 15 heavy (non-hydrogen) atoms. The summed E-state index contributed by atoms with van der Waals surface area (Å²) in [5, 5.41) is 11.9. The number of oxime groups is 1. The zero-order valence-corrected chi connectivity index (χ0v) is 9.65. The zero-order valence-electron chi connectivity index (χ0n) is 8.75. The molecule has 1 N–H and O–H groups in total. The number of hydrogen-bond acceptors (Lipinski definition) is 4. The van der Waals surface area contributed by atoms with Crippen molar-refractivity contribution in [1.82, 2.24) is 0 Å². The van der Waals surface area contributed by atoms with Crippen molar-refractivity contribution in [2.75, 3.05) is 13.3 Å². The molecule has 0 saturated heterocycles. The Hall–Kier alpha value is -1.12. The third kappa shape index (κ3) is 3.18. The van der Waals surface area contributed by atoms with Crippen LogP contribution in [0.3, 0.4) is 0 Å². The van der Waals surface area contributed by atoms with Gasteiger partial charge in [0, 0.05) is 12.0 Å². The first kappa shape index (κ1) is 12.0. The standard InChI is InChI=1S/C10H14NO3P/c1-3-14-15(2,13)10-6-4-9(5-7-10)8-11-12/h4-8,12H,3H2,1-2H3/b11-8-/t15-/m0/s1. The number of hydrogen-bond donors (Lipinski definition) is 1. The van der Waals surface area contributed by atoms with Crippen LogP contribution in [0.5, 0.6) is 0 Å². The summed E-state index contributed by atoms with van der Waals surface area (Å²) >= 11 is 0. The molecule has 0 fully saturated rings. The van der Waals surface area contributed by atoms with Gasteiger partial charge in [-0.15, -0.1) is 0 Å². The minimum absolute atomic E-state index is 0.424. The van der Waals surface area contributed by atoms with E-state index in [1.165, 1.54) is 6.21 Å². The molecule has 0 aliphatic carbocycles. The molecule has 0 spiro atoms. The normalized spacial score (nSPS) is 15.3. The van der Waals surface area contributed by atoms with Crippen LogP contribution in [0.25, 0.3) is 0 Å². The predicted octanol–water partition coefficient (Wildman–Crippen LogP) is 2.06. The minimum atomic E-state index is -2.69. The maximum absolute atomic E-state index is 12.0. The van der Waals surface area contributed by atoms with Crippen molar-refractivity contribution in [2.45, 2.75) is 6.92 Å². The Bertz CT molecular complexity index is 386. The predicted molar refractivity (Wildman–Crippen MR) is 60.6 cm³/mol. The molecule has 82 valence electrons. The summed E-state index contributed by atoms with van der Waals surface area (Å²) in [5.74, 6) is 0. The molecule has 0 saturated carbocycles.